The topological polar surface area (TPSA) is 42.0 Å². The van der Waals surface area contributed by atoms with Gasteiger partial charge in [0, 0.05) is 16.0 Å². The van der Waals surface area contributed by atoms with Crippen molar-refractivity contribution >= 4 is 34.5 Å². The van der Waals surface area contributed by atoms with Crippen LogP contribution in [-0.2, 0) is 11.2 Å². The molecule has 3 rings (SSSR count). The molecule has 0 atom stereocenters. The van der Waals surface area contributed by atoms with Gasteiger partial charge >= 0.3 is 0 Å². The van der Waals surface area contributed by atoms with Gasteiger partial charge < -0.3 is 5.32 Å². The van der Waals surface area contributed by atoms with Crippen LogP contribution in [0.15, 0.2) is 47.8 Å². The Morgan fingerprint density at radius 2 is 2.00 bits per heavy atom. The molecule has 24 heavy (non-hydrogen) atoms. The summed E-state index contributed by atoms with van der Waals surface area (Å²) >= 11 is 7.29. The summed E-state index contributed by atoms with van der Waals surface area (Å²) in [5.74, 6) is -0.835. The molecular weight excluding hydrogens is 347 g/mol. The van der Waals surface area contributed by atoms with Gasteiger partial charge in [0.15, 0.2) is 0 Å². The first-order valence-electron chi connectivity index (χ1n) is 7.27. The molecule has 0 fully saturated rings. The number of nitrogens with zero attached hydrogens (tertiary/aromatic N) is 1. The Morgan fingerprint density at radius 1 is 1.25 bits per heavy atom. The zero-order chi connectivity index (χ0) is 17.1. The molecule has 6 heteroatoms. The van der Waals surface area contributed by atoms with Crippen molar-refractivity contribution < 1.29 is 9.18 Å². The molecule has 3 nitrogen and oxygen atoms in total. The van der Waals surface area contributed by atoms with E-state index in [0.717, 1.165) is 21.8 Å². The molecule has 0 saturated heterocycles. The Kier molecular flexibility index (Phi) is 4.92. The first-order chi connectivity index (χ1) is 11.5. The predicted octanol–water partition coefficient (Wildman–Crippen LogP) is 5.09. The molecule has 1 heterocycles. The number of benzene rings is 2. The van der Waals surface area contributed by atoms with Gasteiger partial charge in [0.25, 0.3) is 0 Å². The molecule has 1 N–H and O–H groups in total. The average Bonchev–Trinajstić information content (AvgIpc) is 2.97. The van der Waals surface area contributed by atoms with Crippen LogP contribution in [0.4, 0.5) is 10.1 Å². The third-order valence-electron chi connectivity index (χ3n) is 3.44. The Bertz CT molecular complexity index is 877. The largest absolute Gasteiger partial charge is 0.323 e. The van der Waals surface area contributed by atoms with Gasteiger partial charge in [0.2, 0.25) is 5.91 Å². The summed E-state index contributed by atoms with van der Waals surface area (Å²) in [7, 11) is 0. The molecule has 1 aromatic heterocycles. The van der Waals surface area contributed by atoms with Crippen molar-refractivity contribution in [2.75, 3.05) is 5.32 Å². The molecule has 122 valence electrons. The van der Waals surface area contributed by atoms with Gasteiger partial charge in [0.05, 0.1) is 22.8 Å². The fraction of sp³-hybridized carbons (Fsp3) is 0.111. The van der Waals surface area contributed by atoms with Crippen molar-refractivity contribution in [3.8, 4) is 11.3 Å². The summed E-state index contributed by atoms with van der Waals surface area (Å²) in [5, 5.41) is 5.86. The van der Waals surface area contributed by atoms with E-state index in [1.165, 1.54) is 18.2 Å². The van der Waals surface area contributed by atoms with Gasteiger partial charge in [-0.15, -0.1) is 11.3 Å². The lowest BCUT2D eigenvalue weighted by molar-refractivity contribution is -0.115. The summed E-state index contributed by atoms with van der Waals surface area (Å²) in [6, 6.07) is 11.8. The van der Waals surface area contributed by atoms with Gasteiger partial charge in [-0.05, 0) is 30.7 Å². The Balaban J connectivity index is 1.66. The Labute approximate surface area is 148 Å². The van der Waals surface area contributed by atoms with Gasteiger partial charge in [-0.25, -0.2) is 9.37 Å². The highest BCUT2D eigenvalue weighted by Gasteiger charge is 2.09. The number of carbonyl (C=O) groups excluding carboxylic acids is 1. The number of anilines is 1. The molecule has 0 bridgehead atoms. The van der Waals surface area contributed by atoms with Crippen molar-refractivity contribution in [1.29, 1.82) is 0 Å². The maximum Gasteiger partial charge on any atom is 0.228 e. The number of carbonyl (C=O) groups is 1. The molecule has 3 aromatic rings. The molecule has 0 aliphatic rings. The zero-order valence-electron chi connectivity index (χ0n) is 12.8. The minimum atomic E-state index is -0.551. The predicted molar refractivity (Wildman–Crippen MR) is 96.0 cm³/mol. The number of aryl methyl sites for hydroxylation is 1. The van der Waals surface area contributed by atoms with Crippen molar-refractivity contribution in [2.45, 2.75) is 13.3 Å². The molecular formula is C18H14ClFN2OS. The maximum atomic E-state index is 13.7. The standard InChI is InChI=1S/C18H14ClFN2OS/c1-11-21-17(10-24-11)13-4-2-12(3-5-13)8-18(23)22-16-7-6-14(19)9-15(16)20/h2-7,9-10H,8H2,1H3,(H,22,23). The van der Waals surface area contributed by atoms with E-state index < -0.39 is 5.82 Å². The summed E-state index contributed by atoms with van der Waals surface area (Å²) in [4.78, 5) is 16.5. The first-order valence-corrected chi connectivity index (χ1v) is 8.53. The quantitative estimate of drug-likeness (QED) is 0.704. The van der Waals surface area contributed by atoms with Crippen LogP contribution in [0.5, 0.6) is 0 Å². The minimum Gasteiger partial charge on any atom is -0.323 e. The lowest BCUT2D eigenvalue weighted by Gasteiger charge is -2.07. The minimum absolute atomic E-state index is 0.124. The van der Waals surface area contributed by atoms with Crippen LogP contribution in [0.3, 0.4) is 0 Å². The fourth-order valence-corrected chi connectivity index (χ4v) is 3.04. The van der Waals surface area contributed by atoms with Crippen molar-refractivity contribution in [3.63, 3.8) is 0 Å². The molecule has 0 unspecified atom stereocenters. The van der Waals surface area contributed by atoms with Crippen LogP contribution < -0.4 is 5.32 Å². The van der Waals surface area contributed by atoms with Gasteiger partial charge in [0.1, 0.15) is 5.82 Å². The third-order valence-corrected chi connectivity index (χ3v) is 4.45. The van der Waals surface area contributed by atoms with Crippen LogP contribution in [0, 0.1) is 12.7 Å². The van der Waals surface area contributed by atoms with E-state index in [1.807, 2.05) is 36.6 Å². The molecule has 0 spiro atoms. The van der Waals surface area contributed by atoms with Crippen molar-refractivity contribution in [1.82, 2.24) is 4.98 Å². The van der Waals surface area contributed by atoms with Crippen molar-refractivity contribution in [2.24, 2.45) is 0 Å². The number of halogens is 2. The second-order valence-corrected chi connectivity index (χ2v) is 6.80. The number of thiazole rings is 1. The zero-order valence-corrected chi connectivity index (χ0v) is 14.4. The summed E-state index contributed by atoms with van der Waals surface area (Å²) in [5.41, 5.74) is 2.90. The smallest absolute Gasteiger partial charge is 0.228 e. The van der Waals surface area contributed by atoms with E-state index in [4.69, 9.17) is 11.6 Å². The highest BCUT2D eigenvalue weighted by molar-refractivity contribution is 7.09. The number of rotatable bonds is 4. The number of nitrogens with one attached hydrogen (secondary N) is 1. The van der Waals surface area contributed by atoms with E-state index in [0.29, 0.717) is 5.02 Å². The summed E-state index contributed by atoms with van der Waals surface area (Å²) in [6.07, 6.45) is 0.165. The van der Waals surface area contributed by atoms with Gasteiger partial charge in [-0.1, -0.05) is 35.9 Å². The monoisotopic (exact) mass is 360 g/mol. The lowest BCUT2D eigenvalue weighted by Crippen LogP contribution is -2.15. The number of hydrogen-bond donors (Lipinski definition) is 1. The number of amides is 1. The second kappa shape index (κ2) is 7.11. The van der Waals surface area contributed by atoms with E-state index in [9.17, 15) is 9.18 Å². The number of aromatic nitrogens is 1. The molecule has 1 amide bonds. The summed E-state index contributed by atoms with van der Waals surface area (Å²) in [6.45, 7) is 1.96. The van der Waals surface area contributed by atoms with Gasteiger partial charge in [-0.2, -0.15) is 0 Å². The fourth-order valence-electron chi connectivity index (χ4n) is 2.26. The van der Waals surface area contributed by atoms with E-state index in [1.54, 1.807) is 11.3 Å². The highest BCUT2D eigenvalue weighted by atomic mass is 35.5. The number of hydrogen-bond acceptors (Lipinski definition) is 3. The van der Waals surface area contributed by atoms with E-state index in [2.05, 4.69) is 10.3 Å². The molecule has 0 aliphatic carbocycles. The van der Waals surface area contributed by atoms with Crippen LogP contribution in [0.2, 0.25) is 5.02 Å². The van der Waals surface area contributed by atoms with Gasteiger partial charge in [-0.3, -0.25) is 4.79 Å². The van der Waals surface area contributed by atoms with Crippen LogP contribution in [0.1, 0.15) is 10.6 Å². The SMILES string of the molecule is Cc1nc(-c2ccc(CC(=O)Nc3ccc(Cl)cc3F)cc2)cs1. The second-order valence-electron chi connectivity index (χ2n) is 5.30. The van der Waals surface area contributed by atoms with Crippen LogP contribution in [-0.4, -0.2) is 10.9 Å². The lowest BCUT2D eigenvalue weighted by atomic mass is 10.1. The third kappa shape index (κ3) is 3.99. The van der Waals surface area contributed by atoms with Crippen LogP contribution >= 0.6 is 22.9 Å². The molecule has 0 radical (unpaired) electrons. The van der Waals surface area contributed by atoms with E-state index in [-0.39, 0.29) is 18.0 Å². The highest BCUT2D eigenvalue weighted by Crippen LogP contribution is 2.22. The molecule has 0 aliphatic heterocycles. The molecule has 0 saturated carbocycles. The normalized spacial score (nSPS) is 10.6. The van der Waals surface area contributed by atoms with Crippen LogP contribution in [0.25, 0.3) is 11.3 Å². The molecule has 2 aromatic carbocycles. The Hall–Kier alpha value is -2.24. The maximum absolute atomic E-state index is 13.7. The summed E-state index contributed by atoms with van der Waals surface area (Å²) < 4.78 is 13.7. The first kappa shape index (κ1) is 16.6. The average molecular weight is 361 g/mol. The van der Waals surface area contributed by atoms with Crippen molar-refractivity contribution in [3.05, 3.63) is 69.3 Å². The Morgan fingerprint density at radius 3 is 2.62 bits per heavy atom. The van der Waals surface area contributed by atoms with E-state index >= 15 is 0 Å².